The van der Waals surface area contributed by atoms with E-state index in [0.717, 1.165) is 11.4 Å². The van der Waals surface area contributed by atoms with Crippen LogP contribution in [0.5, 0.6) is 0 Å². The quantitative estimate of drug-likeness (QED) is 0.736. The van der Waals surface area contributed by atoms with Gasteiger partial charge in [0.1, 0.15) is 6.04 Å². The number of nitroso groups, excluding NO2 is 1. The van der Waals surface area contributed by atoms with Gasteiger partial charge in [0.05, 0.1) is 12.2 Å². The maximum Gasteiger partial charge on any atom is 0.107 e. The van der Waals surface area contributed by atoms with Crippen molar-refractivity contribution in [3.8, 4) is 0 Å². The first-order chi connectivity index (χ1) is 10.9. The number of para-hydroxylation sites is 1. The van der Waals surface area contributed by atoms with Crippen molar-refractivity contribution in [2.45, 2.75) is 45.7 Å². The molecule has 2 aromatic rings. The molecule has 0 aliphatic heterocycles. The highest BCUT2D eigenvalue weighted by Gasteiger charge is 2.22. The van der Waals surface area contributed by atoms with Gasteiger partial charge in [0.25, 0.3) is 0 Å². The first-order valence-corrected chi connectivity index (χ1v) is 7.98. The van der Waals surface area contributed by atoms with Crippen LogP contribution in [0.2, 0.25) is 0 Å². The molecule has 0 N–H and O–H groups in total. The van der Waals surface area contributed by atoms with Gasteiger partial charge in [0.2, 0.25) is 0 Å². The van der Waals surface area contributed by atoms with Crippen LogP contribution >= 0.6 is 0 Å². The van der Waals surface area contributed by atoms with Crippen molar-refractivity contribution < 1.29 is 0 Å². The molecule has 23 heavy (non-hydrogen) atoms. The van der Waals surface area contributed by atoms with E-state index in [1.807, 2.05) is 31.2 Å². The largest absolute Gasteiger partial charge is 0.363 e. The van der Waals surface area contributed by atoms with E-state index >= 15 is 0 Å². The highest BCUT2D eigenvalue weighted by molar-refractivity contribution is 5.56. The third kappa shape index (κ3) is 4.62. The lowest BCUT2D eigenvalue weighted by Gasteiger charge is -2.32. The summed E-state index contributed by atoms with van der Waals surface area (Å²) in [7, 11) is 0. The number of pyridine rings is 1. The van der Waals surface area contributed by atoms with Crippen LogP contribution in [0.25, 0.3) is 0 Å². The first kappa shape index (κ1) is 17.1. The summed E-state index contributed by atoms with van der Waals surface area (Å²) >= 11 is 0. The van der Waals surface area contributed by atoms with E-state index < -0.39 is 0 Å². The minimum atomic E-state index is -0.272. The molecule has 0 spiro atoms. The zero-order chi connectivity index (χ0) is 16.9. The summed E-state index contributed by atoms with van der Waals surface area (Å²) < 4.78 is 0. The average Bonchev–Trinajstić information content (AvgIpc) is 2.54. The molecule has 1 atom stereocenters. The second-order valence-electron chi connectivity index (χ2n) is 6.92. The maximum atomic E-state index is 10.9. The van der Waals surface area contributed by atoms with Crippen molar-refractivity contribution in [2.24, 2.45) is 5.18 Å². The van der Waals surface area contributed by atoms with Gasteiger partial charge in [-0.15, -0.1) is 0 Å². The summed E-state index contributed by atoms with van der Waals surface area (Å²) in [6.45, 7) is 9.68. The highest BCUT2D eigenvalue weighted by Crippen LogP contribution is 2.32. The monoisotopic (exact) mass is 311 g/mol. The molecule has 0 fully saturated rings. The highest BCUT2D eigenvalue weighted by atomic mass is 16.3. The Morgan fingerprint density at radius 3 is 2.43 bits per heavy atom. The predicted molar refractivity (Wildman–Crippen MR) is 95.7 cm³/mol. The zero-order valence-corrected chi connectivity index (χ0v) is 14.4. The molecular formula is C19H25N3O. The van der Waals surface area contributed by atoms with Crippen LogP contribution in [0.1, 0.15) is 39.0 Å². The number of aromatic nitrogens is 1. The van der Waals surface area contributed by atoms with Gasteiger partial charge in [0, 0.05) is 18.4 Å². The fourth-order valence-electron chi connectivity index (χ4n) is 2.67. The Kier molecular flexibility index (Phi) is 5.48. The van der Waals surface area contributed by atoms with Gasteiger partial charge in [-0.1, -0.05) is 50.2 Å². The lowest BCUT2D eigenvalue weighted by Crippen LogP contribution is -2.32. The fourth-order valence-corrected chi connectivity index (χ4v) is 2.67. The SMILES string of the molecule is CC(CN(Cc1ccccn1)c1ccccc1C(C)(C)C)N=O. The Bertz CT molecular complexity index is 635. The number of rotatable bonds is 6. The molecule has 0 aliphatic carbocycles. The van der Waals surface area contributed by atoms with E-state index in [4.69, 9.17) is 0 Å². The molecule has 0 radical (unpaired) electrons. The third-order valence-corrected chi connectivity index (χ3v) is 3.80. The number of hydrogen-bond donors (Lipinski definition) is 0. The Morgan fingerprint density at radius 1 is 1.13 bits per heavy atom. The van der Waals surface area contributed by atoms with Crippen LogP contribution < -0.4 is 4.90 Å². The van der Waals surface area contributed by atoms with Crippen LogP contribution in [-0.2, 0) is 12.0 Å². The standard InChI is InChI=1S/C19H25N3O/c1-15(21-23)13-22(14-16-9-7-8-12-20-16)18-11-6-5-10-17(18)19(2,3)4/h5-12,15H,13-14H2,1-4H3. The van der Waals surface area contributed by atoms with E-state index in [-0.39, 0.29) is 11.5 Å². The Balaban J connectivity index is 2.39. The molecule has 0 saturated heterocycles. The van der Waals surface area contributed by atoms with Crippen molar-refractivity contribution in [2.75, 3.05) is 11.4 Å². The van der Waals surface area contributed by atoms with E-state index in [1.165, 1.54) is 5.56 Å². The molecule has 0 bridgehead atoms. The summed E-state index contributed by atoms with van der Waals surface area (Å²) in [5, 5.41) is 3.18. The lowest BCUT2D eigenvalue weighted by molar-refractivity contribution is 0.581. The molecule has 0 saturated carbocycles. The van der Waals surface area contributed by atoms with Crippen LogP contribution in [0.3, 0.4) is 0 Å². The minimum Gasteiger partial charge on any atom is -0.363 e. The van der Waals surface area contributed by atoms with Crippen molar-refractivity contribution in [3.05, 3.63) is 64.8 Å². The summed E-state index contributed by atoms with van der Waals surface area (Å²) in [6, 6.07) is 14.0. The molecular weight excluding hydrogens is 286 g/mol. The Hall–Kier alpha value is -2.23. The normalized spacial score (nSPS) is 12.7. The summed E-state index contributed by atoms with van der Waals surface area (Å²) in [4.78, 5) is 17.5. The van der Waals surface area contributed by atoms with Gasteiger partial charge in [-0.25, -0.2) is 0 Å². The molecule has 1 aromatic heterocycles. The zero-order valence-electron chi connectivity index (χ0n) is 14.4. The smallest absolute Gasteiger partial charge is 0.107 e. The Morgan fingerprint density at radius 2 is 1.83 bits per heavy atom. The van der Waals surface area contributed by atoms with Gasteiger partial charge in [-0.3, -0.25) is 4.98 Å². The summed E-state index contributed by atoms with van der Waals surface area (Å²) in [5.74, 6) is 0. The van der Waals surface area contributed by atoms with E-state index in [0.29, 0.717) is 13.1 Å². The van der Waals surface area contributed by atoms with Crippen molar-refractivity contribution in [3.63, 3.8) is 0 Å². The second kappa shape index (κ2) is 7.36. The van der Waals surface area contributed by atoms with Crippen LogP contribution in [0, 0.1) is 4.91 Å². The van der Waals surface area contributed by atoms with Crippen molar-refractivity contribution >= 4 is 5.69 Å². The number of hydrogen-bond acceptors (Lipinski definition) is 4. The molecule has 1 aromatic carbocycles. The topological polar surface area (TPSA) is 45.6 Å². The summed E-state index contributed by atoms with van der Waals surface area (Å²) in [5.41, 5.74) is 3.40. The van der Waals surface area contributed by atoms with Crippen LogP contribution in [0.15, 0.2) is 53.8 Å². The van der Waals surface area contributed by atoms with E-state index in [2.05, 4.69) is 54.0 Å². The third-order valence-electron chi connectivity index (χ3n) is 3.80. The van der Waals surface area contributed by atoms with Gasteiger partial charge in [0.15, 0.2) is 0 Å². The molecule has 1 heterocycles. The number of benzene rings is 1. The van der Waals surface area contributed by atoms with E-state index in [1.54, 1.807) is 6.20 Å². The molecule has 122 valence electrons. The predicted octanol–water partition coefficient (Wildman–Crippen LogP) is 4.54. The van der Waals surface area contributed by atoms with Crippen LogP contribution in [-0.4, -0.2) is 17.6 Å². The molecule has 0 aliphatic rings. The van der Waals surface area contributed by atoms with Gasteiger partial charge >= 0.3 is 0 Å². The van der Waals surface area contributed by atoms with E-state index in [9.17, 15) is 4.91 Å². The minimum absolute atomic E-state index is 0.0246. The number of anilines is 1. The fraction of sp³-hybridized carbons (Fsp3) is 0.421. The van der Waals surface area contributed by atoms with Gasteiger partial charge in [-0.05, 0) is 36.1 Å². The maximum absolute atomic E-state index is 10.9. The van der Waals surface area contributed by atoms with Crippen molar-refractivity contribution in [1.29, 1.82) is 0 Å². The summed E-state index contributed by atoms with van der Waals surface area (Å²) in [6.07, 6.45) is 1.80. The molecule has 1 unspecified atom stereocenters. The molecule has 2 rings (SSSR count). The average molecular weight is 311 g/mol. The molecule has 4 heteroatoms. The molecule has 0 amide bonds. The van der Waals surface area contributed by atoms with Crippen LogP contribution in [0.4, 0.5) is 5.69 Å². The lowest BCUT2D eigenvalue weighted by atomic mass is 9.85. The Labute approximate surface area is 138 Å². The number of nitrogens with zero attached hydrogens (tertiary/aromatic N) is 3. The first-order valence-electron chi connectivity index (χ1n) is 7.98. The molecule has 4 nitrogen and oxygen atoms in total. The van der Waals surface area contributed by atoms with Gasteiger partial charge in [-0.2, -0.15) is 4.91 Å². The second-order valence-corrected chi connectivity index (χ2v) is 6.92. The van der Waals surface area contributed by atoms with Gasteiger partial charge < -0.3 is 4.90 Å². The van der Waals surface area contributed by atoms with Crippen molar-refractivity contribution in [1.82, 2.24) is 4.98 Å².